The molecular weight excluding hydrogens is 380 g/mol. The van der Waals surface area contributed by atoms with E-state index in [9.17, 15) is 9.59 Å². The number of amides is 1. The average Bonchev–Trinajstić information content (AvgIpc) is 3.14. The van der Waals surface area contributed by atoms with Gasteiger partial charge in [0.1, 0.15) is 11.6 Å². The Morgan fingerprint density at radius 3 is 2.57 bits per heavy atom. The summed E-state index contributed by atoms with van der Waals surface area (Å²) < 4.78 is 7.00. The number of methoxy groups -OCH3 is 1. The topological polar surface area (TPSA) is 80.2 Å². The van der Waals surface area contributed by atoms with Gasteiger partial charge in [-0.15, -0.1) is 0 Å². The van der Waals surface area contributed by atoms with Gasteiger partial charge in [-0.1, -0.05) is 30.3 Å². The zero-order valence-electron chi connectivity index (χ0n) is 17.3. The molecule has 7 heteroatoms. The fraction of sp³-hybridized carbons (Fsp3) is 0.348. The Bertz CT molecular complexity index is 1090. The van der Waals surface area contributed by atoms with Crippen molar-refractivity contribution in [1.82, 2.24) is 19.7 Å². The molecule has 1 fully saturated rings. The summed E-state index contributed by atoms with van der Waals surface area (Å²) in [5, 5.41) is 6.87. The quantitative estimate of drug-likeness (QED) is 0.706. The fourth-order valence-corrected chi connectivity index (χ4v) is 4.12. The molecule has 1 saturated heterocycles. The molecule has 0 spiro atoms. The highest BCUT2D eigenvalue weighted by atomic mass is 16.5. The number of piperidine rings is 1. The monoisotopic (exact) mass is 406 g/mol. The molecule has 1 aliphatic rings. The number of benzene rings is 2. The summed E-state index contributed by atoms with van der Waals surface area (Å²) >= 11 is 0. The number of aromatic amines is 1. The summed E-state index contributed by atoms with van der Waals surface area (Å²) in [6, 6.07) is 15.1. The molecule has 0 radical (unpaired) electrons. The molecule has 1 aliphatic heterocycles. The number of ether oxygens (including phenoxy) is 1. The van der Waals surface area contributed by atoms with Crippen LogP contribution < -0.4 is 10.4 Å². The Morgan fingerprint density at radius 2 is 1.83 bits per heavy atom. The number of H-pyrrole nitrogens is 1. The van der Waals surface area contributed by atoms with E-state index in [0.717, 1.165) is 29.9 Å². The van der Waals surface area contributed by atoms with Crippen molar-refractivity contribution in [1.29, 1.82) is 0 Å². The zero-order valence-corrected chi connectivity index (χ0v) is 17.3. The lowest BCUT2D eigenvalue weighted by Gasteiger charge is -2.32. The van der Waals surface area contributed by atoms with Crippen LogP contribution >= 0.6 is 0 Å². The van der Waals surface area contributed by atoms with Crippen molar-refractivity contribution in [3.63, 3.8) is 0 Å². The number of rotatable bonds is 5. The SMILES string of the molecule is COc1ccccc1C(=O)N1CCC(Cc2n[nH]c(=O)n2-c2ccccc2C)CC1. The van der Waals surface area contributed by atoms with Crippen molar-refractivity contribution in [2.45, 2.75) is 26.2 Å². The van der Waals surface area contributed by atoms with Crippen LogP contribution in [0.2, 0.25) is 0 Å². The lowest BCUT2D eigenvalue weighted by Crippen LogP contribution is -2.39. The Kier molecular flexibility index (Phi) is 5.70. The molecule has 4 rings (SSSR count). The molecule has 0 unspecified atom stereocenters. The van der Waals surface area contributed by atoms with Crippen LogP contribution in [0, 0.1) is 12.8 Å². The van der Waals surface area contributed by atoms with E-state index in [-0.39, 0.29) is 11.6 Å². The van der Waals surface area contributed by atoms with Gasteiger partial charge < -0.3 is 9.64 Å². The maximum Gasteiger partial charge on any atom is 0.347 e. The van der Waals surface area contributed by atoms with Gasteiger partial charge >= 0.3 is 5.69 Å². The van der Waals surface area contributed by atoms with Gasteiger partial charge in [0, 0.05) is 19.5 Å². The second-order valence-corrected chi connectivity index (χ2v) is 7.71. The van der Waals surface area contributed by atoms with Gasteiger partial charge in [0.05, 0.1) is 18.4 Å². The number of carbonyl (C=O) groups is 1. The molecule has 1 N–H and O–H groups in total. The number of aromatic nitrogens is 3. The molecule has 30 heavy (non-hydrogen) atoms. The molecule has 0 bridgehead atoms. The third kappa shape index (κ3) is 3.87. The van der Waals surface area contributed by atoms with Crippen molar-refractivity contribution in [2.24, 2.45) is 5.92 Å². The number of aryl methyl sites for hydroxylation is 1. The average molecular weight is 406 g/mol. The molecule has 2 aromatic carbocycles. The number of nitrogens with one attached hydrogen (secondary N) is 1. The van der Waals surface area contributed by atoms with Crippen molar-refractivity contribution in [3.05, 3.63) is 76.0 Å². The Labute approximate surface area is 175 Å². The first-order valence-electron chi connectivity index (χ1n) is 10.2. The van der Waals surface area contributed by atoms with Gasteiger partial charge in [-0.25, -0.2) is 14.5 Å². The Morgan fingerprint density at radius 1 is 1.13 bits per heavy atom. The van der Waals surface area contributed by atoms with E-state index in [2.05, 4.69) is 10.2 Å². The van der Waals surface area contributed by atoms with Gasteiger partial charge in [-0.2, -0.15) is 5.10 Å². The normalized spacial score (nSPS) is 14.7. The minimum atomic E-state index is -0.219. The second kappa shape index (κ2) is 8.57. The predicted molar refractivity (Wildman–Crippen MR) is 114 cm³/mol. The number of hydrogen-bond donors (Lipinski definition) is 1. The van der Waals surface area contributed by atoms with Crippen LogP contribution in [-0.2, 0) is 6.42 Å². The van der Waals surface area contributed by atoms with Gasteiger partial charge in [0.15, 0.2) is 0 Å². The van der Waals surface area contributed by atoms with E-state index in [0.29, 0.717) is 36.7 Å². The number of hydrogen-bond acceptors (Lipinski definition) is 4. The lowest BCUT2D eigenvalue weighted by molar-refractivity contribution is 0.0686. The number of para-hydroxylation sites is 2. The number of nitrogens with zero attached hydrogens (tertiary/aromatic N) is 3. The van der Waals surface area contributed by atoms with Crippen molar-refractivity contribution >= 4 is 5.91 Å². The molecule has 3 aromatic rings. The van der Waals surface area contributed by atoms with Crippen LogP contribution in [0.1, 0.15) is 34.6 Å². The van der Waals surface area contributed by atoms with Crippen LogP contribution in [0.25, 0.3) is 5.69 Å². The van der Waals surface area contributed by atoms with Crippen LogP contribution in [-0.4, -0.2) is 45.8 Å². The second-order valence-electron chi connectivity index (χ2n) is 7.71. The summed E-state index contributed by atoms with van der Waals surface area (Å²) in [5.41, 5.74) is 2.26. The highest BCUT2D eigenvalue weighted by Crippen LogP contribution is 2.25. The predicted octanol–water partition coefficient (Wildman–Crippen LogP) is 2.97. The van der Waals surface area contributed by atoms with Crippen molar-refractivity contribution in [3.8, 4) is 11.4 Å². The summed E-state index contributed by atoms with van der Waals surface area (Å²) in [7, 11) is 1.58. The minimum Gasteiger partial charge on any atom is -0.496 e. The van der Waals surface area contributed by atoms with Crippen LogP contribution in [0.5, 0.6) is 5.75 Å². The summed E-state index contributed by atoms with van der Waals surface area (Å²) in [5.74, 6) is 1.71. The van der Waals surface area contributed by atoms with Gasteiger partial charge in [-0.05, 0) is 49.4 Å². The fourth-order valence-electron chi connectivity index (χ4n) is 4.12. The first-order chi connectivity index (χ1) is 14.6. The molecule has 1 aromatic heterocycles. The van der Waals surface area contributed by atoms with Gasteiger partial charge in [-0.3, -0.25) is 4.79 Å². The van der Waals surface area contributed by atoms with E-state index in [4.69, 9.17) is 4.74 Å². The lowest BCUT2D eigenvalue weighted by atomic mass is 9.92. The van der Waals surface area contributed by atoms with Crippen LogP contribution in [0.3, 0.4) is 0 Å². The van der Waals surface area contributed by atoms with Gasteiger partial charge in [0.25, 0.3) is 5.91 Å². The zero-order chi connectivity index (χ0) is 21.1. The van der Waals surface area contributed by atoms with E-state index >= 15 is 0 Å². The molecule has 2 heterocycles. The highest BCUT2D eigenvalue weighted by molar-refractivity contribution is 5.97. The van der Waals surface area contributed by atoms with E-state index in [1.807, 2.05) is 54.3 Å². The number of carbonyl (C=O) groups excluding carboxylic acids is 1. The largest absolute Gasteiger partial charge is 0.496 e. The molecular formula is C23H26N4O3. The molecule has 0 saturated carbocycles. The van der Waals surface area contributed by atoms with Gasteiger partial charge in [0.2, 0.25) is 0 Å². The van der Waals surface area contributed by atoms with Crippen molar-refractivity contribution < 1.29 is 9.53 Å². The molecule has 7 nitrogen and oxygen atoms in total. The minimum absolute atomic E-state index is 0.00230. The maximum atomic E-state index is 12.9. The van der Waals surface area contributed by atoms with E-state index in [1.54, 1.807) is 17.7 Å². The van der Waals surface area contributed by atoms with E-state index < -0.39 is 0 Å². The Hall–Kier alpha value is -3.35. The maximum absolute atomic E-state index is 12.9. The molecule has 0 aliphatic carbocycles. The van der Waals surface area contributed by atoms with E-state index in [1.165, 1.54) is 0 Å². The van der Waals surface area contributed by atoms with Crippen LogP contribution in [0.4, 0.5) is 0 Å². The number of likely N-dealkylation sites (tertiary alicyclic amines) is 1. The molecule has 156 valence electrons. The van der Waals surface area contributed by atoms with Crippen LogP contribution in [0.15, 0.2) is 53.3 Å². The Balaban J connectivity index is 1.45. The molecule has 0 atom stereocenters. The first kappa shape index (κ1) is 19.9. The third-order valence-electron chi connectivity index (χ3n) is 5.81. The summed E-state index contributed by atoms with van der Waals surface area (Å²) in [6.07, 6.45) is 2.44. The highest BCUT2D eigenvalue weighted by Gasteiger charge is 2.27. The first-order valence-corrected chi connectivity index (χ1v) is 10.2. The third-order valence-corrected chi connectivity index (χ3v) is 5.81. The summed E-state index contributed by atoms with van der Waals surface area (Å²) in [6.45, 7) is 3.35. The standard InChI is InChI=1S/C23H26N4O3/c1-16-7-3-5-9-19(16)27-21(24-25-23(27)29)15-17-11-13-26(14-12-17)22(28)18-8-4-6-10-20(18)30-2/h3-10,17H,11-15H2,1-2H3,(H,25,29). The molecule has 1 amide bonds. The summed E-state index contributed by atoms with van der Waals surface area (Å²) in [4.78, 5) is 27.2. The smallest absolute Gasteiger partial charge is 0.347 e. The van der Waals surface area contributed by atoms with Crippen molar-refractivity contribution in [2.75, 3.05) is 20.2 Å².